The summed E-state index contributed by atoms with van der Waals surface area (Å²) in [5.74, 6) is 0. The van der Waals surface area contributed by atoms with Crippen LogP contribution >= 0.6 is 0 Å². The summed E-state index contributed by atoms with van der Waals surface area (Å²) >= 11 is 0. The van der Waals surface area contributed by atoms with Crippen LogP contribution in [0.2, 0.25) is 0 Å². The molecule has 0 atom stereocenters. The molecule has 10 aromatic carbocycles. The average Bonchev–Trinajstić information content (AvgIpc) is 3.71. The largest absolute Gasteiger partial charge is 0.292 e. The van der Waals surface area contributed by atoms with E-state index in [1.807, 2.05) is 12.2 Å². The predicted molar refractivity (Wildman–Crippen MR) is 262 cm³/mol. The molecule has 2 aromatic heterocycles. The molecule has 0 bridgehead atoms. The van der Waals surface area contributed by atoms with Crippen molar-refractivity contribution in [2.75, 3.05) is 0 Å². The molecule has 2 heteroatoms. The maximum atomic E-state index is 5.24. The summed E-state index contributed by atoms with van der Waals surface area (Å²) in [5, 5.41) is 12.1. The Morgan fingerprint density at radius 1 is 0.361 bits per heavy atom. The first-order chi connectivity index (χ1) is 30.1. The lowest BCUT2D eigenvalue weighted by molar-refractivity contribution is 1.21. The molecule has 12 rings (SSSR count). The Morgan fingerprint density at radius 2 is 0.869 bits per heavy atom. The van der Waals surface area contributed by atoms with Crippen LogP contribution in [0.15, 0.2) is 207 Å². The van der Waals surface area contributed by atoms with Gasteiger partial charge in [0.15, 0.2) is 0 Å². The van der Waals surface area contributed by atoms with Crippen molar-refractivity contribution in [1.29, 1.82) is 0 Å². The lowest BCUT2D eigenvalue weighted by Crippen LogP contribution is -1.97. The monoisotopic (exact) mass is 774 g/mol. The second kappa shape index (κ2) is 13.8. The van der Waals surface area contributed by atoms with Crippen molar-refractivity contribution in [2.45, 2.75) is 0 Å². The van der Waals surface area contributed by atoms with E-state index in [1.54, 1.807) is 0 Å². The van der Waals surface area contributed by atoms with E-state index in [0.29, 0.717) is 0 Å². The second-order valence-electron chi connectivity index (χ2n) is 16.0. The fourth-order valence-electron chi connectivity index (χ4n) is 9.82. The zero-order chi connectivity index (χ0) is 40.6. The van der Waals surface area contributed by atoms with Crippen LogP contribution in [0.5, 0.6) is 0 Å². The van der Waals surface area contributed by atoms with E-state index in [1.165, 1.54) is 70.9 Å². The number of hydrogen-bond acceptors (Lipinski definition) is 1. The standard InChI is InChI=1S/C59H38N2/c1-3-47-48-20-9-12-23-52(48)59-60-54-36-44(29-31-56(54)61(59)55(47)4-2)42-19-13-18-41(32-42)43-28-30-51-53(35-43)58(46-27-25-38-15-6-8-17-40(38)34-46)50-22-11-10-21-49(50)57(51)45-26-24-37-14-5-7-16-39(37)33-45/h3-36H,1-2H2. The number of hydrogen-bond donors (Lipinski definition) is 0. The summed E-state index contributed by atoms with van der Waals surface area (Å²) in [6.45, 7) is 8.34. The van der Waals surface area contributed by atoms with Gasteiger partial charge in [-0.05, 0) is 135 Å². The first kappa shape index (κ1) is 34.9. The number of rotatable bonds is 6. The van der Waals surface area contributed by atoms with Crippen molar-refractivity contribution >= 4 is 82.7 Å². The van der Waals surface area contributed by atoms with Crippen molar-refractivity contribution < 1.29 is 0 Å². The molecule has 0 amide bonds. The van der Waals surface area contributed by atoms with Gasteiger partial charge in [-0.15, -0.1) is 0 Å². The summed E-state index contributed by atoms with van der Waals surface area (Å²) in [7, 11) is 0. The molecule has 0 aliphatic rings. The molecule has 2 nitrogen and oxygen atoms in total. The fourth-order valence-corrected chi connectivity index (χ4v) is 9.82. The summed E-state index contributed by atoms with van der Waals surface area (Å²) in [5.41, 5.74) is 14.5. The fraction of sp³-hybridized carbons (Fsp3) is 0. The van der Waals surface area contributed by atoms with Crippen LogP contribution in [0.4, 0.5) is 0 Å². The third-order valence-electron chi connectivity index (χ3n) is 12.7. The van der Waals surface area contributed by atoms with Crippen molar-refractivity contribution in [3.05, 3.63) is 219 Å². The molecule has 0 saturated heterocycles. The SMILES string of the molecule is C=Cc1c(C=C)n2c3ccc(-c4cccc(-c5ccc6c(-c7ccc8ccccc8c7)c7ccccc7c(-c7ccc8ccccc8c7)c6c5)c4)cc3nc2c2ccccc12. The van der Waals surface area contributed by atoms with Crippen LogP contribution in [-0.4, -0.2) is 9.38 Å². The highest BCUT2D eigenvalue weighted by Gasteiger charge is 2.19. The molecule has 61 heavy (non-hydrogen) atoms. The zero-order valence-electron chi connectivity index (χ0n) is 33.4. The van der Waals surface area contributed by atoms with Crippen LogP contribution in [0.1, 0.15) is 11.3 Å². The number of imidazole rings is 1. The topological polar surface area (TPSA) is 17.3 Å². The molecule has 0 aliphatic carbocycles. The Morgan fingerprint density at radius 3 is 1.51 bits per heavy atom. The minimum Gasteiger partial charge on any atom is -0.292 e. The Bertz CT molecular complexity index is 3810. The van der Waals surface area contributed by atoms with Gasteiger partial charge in [-0.1, -0.05) is 177 Å². The molecule has 0 unspecified atom stereocenters. The van der Waals surface area contributed by atoms with Crippen LogP contribution in [0.25, 0.3) is 127 Å². The van der Waals surface area contributed by atoms with Crippen LogP contribution in [-0.2, 0) is 0 Å². The van der Waals surface area contributed by atoms with Crippen molar-refractivity contribution in [1.82, 2.24) is 9.38 Å². The highest BCUT2D eigenvalue weighted by atomic mass is 15.0. The molecule has 0 saturated carbocycles. The molecule has 0 spiro atoms. The summed E-state index contributed by atoms with van der Waals surface area (Å²) in [6, 6.07) is 71.1. The molecule has 2 heterocycles. The molecular formula is C59H38N2. The Labute approximate surface area is 353 Å². The van der Waals surface area contributed by atoms with Crippen LogP contribution < -0.4 is 0 Å². The number of benzene rings is 10. The second-order valence-corrected chi connectivity index (χ2v) is 16.0. The van der Waals surface area contributed by atoms with Crippen molar-refractivity contribution in [3.8, 4) is 44.5 Å². The van der Waals surface area contributed by atoms with E-state index in [2.05, 4.69) is 212 Å². The van der Waals surface area contributed by atoms with Gasteiger partial charge in [0.05, 0.1) is 16.7 Å². The first-order valence-corrected chi connectivity index (χ1v) is 20.8. The van der Waals surface area contributed by atoms with Gasteiger partial charge in [0.1, 0.15) is 5.65 Å². The van der Waals surface area contributed by atoms with Gasteiger partial charge in [-0.2, -0.15) is 0 Å². The molecule has 284 valence electrons. The molecule has 0 N–H and O–H groups in total. The molecule has 0 aliphatic heterocycles. The van der Waals surface area contributed by atoms with Crippen molar-refractivity contribution in [2.24, 2.45) is 0 Å². The van der Waals surface area contributed by atoms with E-state index in [-0.39, 0.29) is 0 Å². The van der Waals surface area contributed by atoms with Gasteiger partial charge in [-0.3, -0.25) is 4.40 Å². The lowest BCUT2D eigenvalue weighted by atomic mass is 9.84. The van der Waals surface area contributed by atoms with Crippen LogP contribution in [0, 0.1) is 0 Å². The highest BCUT2D eigenvalue weighted by molar-refractivity contribution is 6.22. The van der Waals surface area contributed by atoms with Gasteiger partial charge in [0, 0.05) is 10.9 Å². The van der Waals surface area contributed by atoms with E-state index >= 15 is 0 Å². The molecule has 0 radical (unpaired) electrons. The Kier molecular flexibility index (Phi) is 7.88. The van der Waals surface area contributed by atoms with E-state index in [9.17, 15) is 0 Å². The maximum absolute atomic E-state index is 5.24. The summed E-state index contributed by atoms with van der Waals surface area (Å²) in [6.07, 6.45) is 3.84. The Hall–Kier alpha value is -8.07. The summed E-state index contributed by atoms with van der Waals surface area (Å²) in [4.78, 5) is 5.24. The minimum absolute atomic E-state index is 0.922. The van der Waals surface area contributed by atoms with Crippen LogP contribution in [0.3, 0.4) is 0 Å². The number of pyridine rings is 1. The predicted octanol–water partition coefficient (Wildman–Crippen LogP) is 16.2. The lowest BCUT2D eigenvalue weighted by Gasteiger charge is -2.19. The van der Waals surface area contributed by atoms with E-state index in [4.69, 9.17) is 4.98 Å². The smallest absolute Gasteiger partial charge is 0.146 e. The highest BCUT2D eigenvalue weighted by Crippen LogP contribution is 2.46. The third-order valence-corrected chi connectivity index (χ3v) is 12.7. The minimum atomic E-state index is 0.922. The number of aromatic nitrogens is 2. The third kappa shape index (κ3) is 5.46. The quantitative estimate of drug-likeness (QED) is 0.154. The van der Waals surface area contributed by atoms with Gasteiger partial charge in [0.2, 0.25) is 0 Å². The number of fused-ring (bicyclic) bond motifs is 9. The first-order valence-electron chi connectivity index (χ1n) is 20.8. The maximum Gasteiger partial charge on any atom is 0.146 e. The van der Waals surface area contributed by atoms with Gasteiger partial charge in [-0.25, -0.2) is 4.98 Å². The van der Waals surface area contributed by atoms with E-state index in [0.717, 1.165) is 55.4 Å². The molecular weight excluding hydrogens is 737 g/mol. The van der Waals surface area contributed by atoms with Crippen molar-refractivity contribution in [3.63, 3.8) is 0 Å². The van der Waals surface area contributed by atoms with Gasteiger partial charge in [0.25, 0.3) is 0 Å². The zero-order valence-corrected chi connectivity index (χ0v) is 33.4. The average molecular weight is 775 g/mol. The molecule has 12 aromatic rings. The normalized spacial score (nSPS) is 11.7. The van der Waals surface area contributed by atoms with Gasteiger partial charge >= 0.3 is 0 Å². The Balaban J connectivity index is 1.06. The summed E-state index contributed by atoms with van der Waals surface area (Å²) < 4.78 is 2.22. The molecule has 0 fully saturated rings. The number of nitrogens with zero attached hydrogens (tertiary/aromatic N) is 2. The van der Waals surface area contributed by atoms with E-state index < -0.39 is 0 Å². The van der Waals surface area contributed by atoms with Gasteiger partial charge < -0.3 is 0 Å².